The summed E-state index contributed by atoms with van der Waals surface area (Å²) < 4.78 is 74.0. The standard InChI is InChI=1S/C13H10F4O3S/c14-12(15,16)13(17,21(18)19)20-8-9-5-6-10-3-1-2-4-11(10)7-9/h1-7H,8H2,(H,18,19). The summed E-state index contributed by atoms with van der Waals surface area (Å²) in [7, 11) is 0. The fraction of sp³-hybridized carbons (Fsp3) is 0.231. The van der Waals surface area contributed by atoms with Gasteiger partial charge in [-0.3, -0.25) is 0 Å². The highest BCUT2D eigenvalue weighted by Gasteiger charge is 2.63. The van der Waals surface area contributed by atoms with Crippen molar-refractivity contribution in [2.24, 2.45) is 0 Å². The van der Waals surface area contributed by atoms with E-state index in [1.165, 1.54) is 12.1 Å². The summed E-state index contributed by atoms with van der Waals surface area (Å²) in [6.45, 7) is -0.785. The molecule has 21 heavy (non-hydrogen) atoms. The zero-order valence-corrected chi connectivity index (χ0v) is 11.2. The molecule has 0 fully saturated rings. The summed E-state index contributed by atoms with van der Waals surface area (Å²) in [5.41, 5.74) is 0.255. The van der Waals surface area contributed by atoms with Gasteiger partial charge in [0.15, 0.2) is 0 Å². The first-order chi connectivity index (χ1) is 9.74. The predicted octanol–water partition coefficient (Wildman–Crippen LogP) is 3.76. The molecule has 0 aromatic heterocycles. The molecule has 114 valence electrons. The Balaban J connectivity index is 2.22. The number of alkyl halides is 4. The molecule has 2 atom stereocenters. The van der Waals surface area contributed by atoms with Gasteiger partial charge in [-0.05, 0) is 22.4 Å². The van der Waals surface area contributed by atoms with Crippen LogP contribution in [0.15, 0.2) is 42.5 Å². The Labute approximate surface area is 119 Å². The normalized spacial score (nSPS) is 16.6. The number of rotatable bonds is 4. The number of hydrogen-bond acceptors (Lipinski definition) is 2. The van der Waals surface area contributed by atoms with Crippen LogP contribution in [0.1, 0.15) is 5.56 Å². The zero-order valence-electron chi connectivity index (χ0n) is 10.4. The molecule has 2 aromatic carbocycles. The average molecular weight is 322 g/mol. The molecule has 0 heterocycles. The molecule has 2 aromatic rings. The first-order valence-electron chi connectivity index (χ1n) is 5.72. The van der Waals surface area contributed by atoms with Crippen molar-refractivity contribution in [3.8, 4) is 0 Å². The number of ether oxygens (including phenoxy) is 1. The smallest absolute Gasteiger partial charge is 0.322 e. The number of fused-ring (bicyclic) bond motifs is 1. The third kappa shape index (κ3) is 3.22. The van der Waals surface area contributed by atoms with Crippen molar-refractivity contribution in [1.29, 1.82) is 0 Å². The number of benzene rings is 2. The van der Waals surface area contributed by atoms with E-state index in [4.69, 9.17) is 4.55 Å². The monoisotopic (exact) mass is 322 g/mol. The van der Waals surface area contributed by atoms with Gasteiger partial charge in [-0.15, -0.1) is 0 Å². The van der Waals surface area contributed by atoms with Gasteiger partial charge in [0.05, 0.1) is 6.61 Å². The Bertz CT molecular complexity index is 674. The maximum Gasteiger partial charge on any atom is 0.464 e. The van der Waals surface area contributed by atoms with Gasteiger partial charge >= 0.3 is 11.4 Å². The molecule has 1 N–H and O–H groups in total. The molecule has 0 spiro atoms. The van der Waals surface area contributed by atoms with Crippen LogP contribution in [-0.4, -0.2) is 20.1 Å². The lowest BCUT2D eigenvalue weighted by molar-refractivity contribution is -0.293. The molecule has 2 rings (SSSR count). The summed E-state index contributed by atoms with van der Waals surface area (Å²) in [6.07, 6.45) is -5.61. The SMILES string of the molecule is O=S(O)C(F)(OCc1ccc2ccccc2c1)C(F)(F)F. The van der Waals surface area contributed by atoms with Crippen molar-refractivity contribution in [2.45, 2.75) is 18.0 Å². The molecule has 0 amide bonds. The van der Waals surface area contributed by atoms with Gasteiger partial charge in [-0.2, -0.15) is 17.6 Å². The van der Waals surface area contributed by atoms with Crippen molar-refractivity contribution < 1.29 is 31.1 Å². The fourth-order valence-electron chi connectivity index (χ4n) is 1.74. The Morgan fingerprint density at radius 3 is 2.24 bits per heavy atom. The summed E-state index contributed by atoms with van der Waals surface area (Å²) in [5, 5.41) is -3.02. The van der Waals surface area contributed by atoms with Gasteiger partial charge in [0.2, 0.25) is 11.1 Å². The van der Waals surface area contributed by atoms with Gasteiger partial charge in [0.1, 0.15) is 0 Å². The molecule has 2 unspecified atom stereocenters. The molecular formula is C13H10F4O3S. The lowest BCUT2D eigenvalue weighted by atomic mass is 10.1. The van der Waals surface area contributed by atoms with Crippen molar-refractivity contribution in [1.82, 2.24) is 0 Å². The molecule has 0 saturated carbocycles. The Morgan fingerprint density at radius 2 is 1.67 bits per heavy atom. The highest BCUT2D eigenvalue weighted by molar-refractivity contribution is 7.80. The molecule has 0 aliphatic rings. The van der Waals surface area contributed by atoms with Crippen LogP contribution in [0.4, 0.5) is 17.6 Å². The zero-order chi connectivity index (χ0) is 15.7. The Morgan fingerprint density at radius 1 is 1.05 bits per heavy atom. The Kier molecular flexibility index (Phi) is 4.31. The van der Waals surface area contributed by atoms with Crippen LogP contribution in [-0.2, 0) is 22.4 Å². The Hall–Kier alpha value is -1.51. The summed E-state index contributed by atoms with van der Waals surface area (Å²) in [5.74, 6) is 0. The summed E-state index contributed by atoms with van der Waals surface area (Å²) in [6, 6.07) is 11.7. The minimum atomic E-state index is -5.61. The van der Waals surface area contributed by atoms with E-state index < -0.39 is 29.1 Å². The van der Waals surface area contributed by atoms with E-state index in [0.29, 0.717) is 0 Å². The predicted molar refractivity (Wildman–Crippen MR) is 69.4 cm³/mol. The second kappa shape index (κ2) is 5.70. The van der Waals surface area contributed by atoms with Gasteiger partial charge in [0, 0.05) is 0 Å². The second-order valence-electron chi connectivity index (χ2n) is 4.25. The number of hydrogen-bond donors (Lipinski definition) is 1. The van der Waals surface area contributed by atoms with E-state index in [-0.39, 0.29) is 5.56 Å². The van der Waals surface area contributed by atoms with Crippen molar-refractivity contribution in [3.05, 3.63) is 48.0 Å². The number of halogens is 4. The lowest BCUT2D eigenvalue weighted by Gasteiger charge is -2.24. The van der Waals surface area contributed by atoms with Crippen LogP contribution in [0.5, 0.6) is 0 Å². The van der Waals surface area contributed by atoms with Crippen molar-refractivity contribution >= 4 is 21.9 Å². The largest absolute Gasteiger partial charge is 0.464 e. The molecule has 0 bridgehead atoms. The lowest BCUT2D eigenvalue weighted by Crippen LogP contribution is -2.47. The van der Waals surface area contributed by atoms with Crippen LogP contribution < -0.4 is 0 Å². The van der Waals surface area contributed by atoms with Gasteiger partial charge in [-0.25, -0.2) is 4.21 Å². The molecule has 0 aliphatic carbocycles. The van der Waals surface area contributed by atoms with Crippen LogP contribution in [0.3, 0.4) is 0 Å². The molecule has 0 radical (unpaired) electrons. The van der Waals surface area contributed by atoms with E-state index in [0.717, 1.165) is 10.8 Å². The van der Waals surface area contributed by atoms with Gasteiger partial charge in [-0.1, -0.05) is 36.4 Å². The quantitative estimate of drug-likeness (QED) is 0.688. The third-order valence-electron chi connectivity index (χ3n) is 2.80. The van der Waals surface area contributed by atoms with Crippen LogP contribution in [0.25, 0.3) is 10.8 Å². The molecule has 0 aliphatic heterocycles. The van der Waals surface area contributed by atoms with Gasteiger partial charge < -0.3 is 9.29 Å². The van der Waals surface area contributed by atoms with E-state index in [1.54, 1.807) is 30.3 Å². The van der Waals surface area contributed by atoms with Crippen molar-refractivity contribution in [2.75, 3.05) is 0 Å². The minimum absolute atomic E-state index is 0.255. The topological polar surface area (TPSA) is 46.5 Å². The highest BCUT2D eigenvalue weighted by atomic mass is 32.2. The second-order valence-corrected chi connectivity index (χ2v) is 5.28. The highest BCUT2D eigenvalue weighted by Crippen LogP contribution is 2.38. The van der Waals surface area contributed by atoms with Crippen molar-refractivity contribution in [3.63, 3.8) is 0 Å². The van der Waals surface area contributed by atoms with Gasteiger partial charge in [0.25, 0.3) is 0 Å². The average Bonchev–Trinajstić information content (AvgIpc) is 2.43. The molecule has 0 saturated heterocycles. The van der Waals surface area contributed by atoms with E-state index in [1.807, 2.05) is 0 Å². The maximum absolute atomic E-state index is 13.5. The summed E-state index contributed by atoms with van der Waals surface area (Å²) >= 11 is -3.85. The molecule has 8 heteroatoms. The maximum atomic E-state index is 13.5. The van der Waals surface area contributed by atoms with E-state index in [9.17, 15) is 21.8 Å². The van der Waals surface area contributed by atoms with Crippen LogP contribution in [0, 0.1) is 0 Å². The van der Waals surface area contributed by atoms with E-state index in [2.05, 4.69) is 4.74 Å². The first kappa shape index (κ1) is 15.9. The fourth-order valence-corrected chi connectivity index (χ4v) is 2.09. The molecule has 3 nitrogen and oxygen atoms in total. The molecular weight excluding hydrogens is 312 g/mol. The van der Waals surface area contributed by atoms with Crippen LogP contribution >= 0.6 is 0 Å². The first-order valence-corrected chi connectivity index (χ1v) is 6.83. The minimum Gasteiger partial charge on any atom is -0.322 e. The van der Waals surface area contributed by atoms with Crippen LogP contribution in [0.2, 0.25) is 0 Å². The summed E-state index contributed by atoms with van der Waals surface area (Å²) in [4.78, 5) is 0. The van der Waals surface area contributed by atoms with E-state index >= 15 is 0 Å². The third-order valence-corrected chi connectivity index (χ3v) is 3.60.